The standard InChI is InChI=1S/C19H21F2N5O/c20-15-8-13(25-18-14-10-24-26-19(14)23-11-22-18)9-16(21)17(15)27-7-6-12-4-2-1-3-5-12/h1-5,10-11,13,15-17H,6-9H2,(H2,22,23,24,25,26). The van der Waals surface area contributed by atoms with Crippen molar-refractivity contribution in [2.45, 2.75) is 43.8 Å². The Labute approximate surface area is 155 Å². The van der Waals surface area contributed by atoms with Crippen LogP contribution in [0.3, 0.4) is 0 Å². The molecule has 1 aliphatic rings. The molecule has 1 fully saturated rings. The topological polar surface area (TPSA) is 75.7 Å². The van der Waals surface area contributed by atoms with E-state index in [0.717, 1.165) is 5.56 Å². The first kappa shape index (κ1) is 17.8. The normalized spacial score (nSPS) is 25.6. The second-order valence-electron chi connectivity index (χ2n) is 6.77. The van der Waals surface area contributed by atoms with E-state index in [1.54, 1.807) is 6.20 Å². The van der Waals surface area contributed by atoms with Crippen molar-refractivity contribution in [3.8, 4) is 0 Å². The molecular formula is C19H21F2N5O. The van der Waals surface area contributed by atoms with E-state index in [0.29, 0.717) is 29.9 Å². The smallest absolute Gasteiger partial charge is 0.160 e. The van der Waals surface area contributed by atoms with Crippen molar-refractivity contribution in [3.05, 3.63) is 48.4 Å². The highest BCUT2D eigenvalue weighted by Gasteiger charge is 2.39. The van der Waals surface area contributed by atoms with Crippen LogP contribution < -0.4 is 5.32 Å². The summed E-state index contributed by atoms with van der Waals surface area (Å²) in [5.74, 6) is 0.529. The van der Waals surface area contributed by atoms with Crippen molar-refractivity contribution in [1.82, 2.24) is 20.2 Å². The highest BCUT2D eigenvalue weighted by Crippen LogP contribution is 2.30. The minimum atomic E-state index is -1.37. The molecule has 6 nitrogen and oxygen atoms in total. The minimum Gasteiger partial charge on any atom is -0.372 e. The molecule has 0 radical (unpaired) electrons. The monoisotopic (exact) mass is 373 g/mol. The summed E-state index contributed by atoms with van der Waals surface area (Å²) >= 11 is 0. The third-order valence-corrected chi connectivity index (χ3v) is 4.87. The van der Waals surface area contributed by atoms with Crippen LogP contribution in [0.1, 0.15) is 18.4 Å². The fourth-order valence-electron chi connectivity index (χ4n) is 3.49. The van der Waals surface area contributed by atoms with Crippen molar-refractivity contribution < 1.29 is 13.5 Å². The average Bonchev–Trinajstić information content (AvgIpc) is 3.15. The maximum atomic E-state index is 14.6. The molecule has 8 heteroatoms. The average molecular weight is 373 g/mol. The number of hydrogen-bond donors (Lipinski definition) is 2. The zero-order valence-corrected chi connectivity index (χ0v) is 14.7. The molecule has 1 aromatic carbocycles. The van der Waals surface area contributed by atoms with E-state index in [1.165, 1.54) is 6.33 Å². The summed E-state index contributed by atoms with van der Waals surface area (Å²) in [5, 5.41) is 10.5. The van der Waals surface area contributed by atoms with Crippen LogP contribution >= 0.6 is 0 Å². The number of rotatable bonds is 6. The molecule has 0 aliphatic heterocycles. The molecule has 4 rings (SSSR count). The number of ether oxygens (including phenoxy) is 1. The van der Waals surface area contributed by atoms with Crippen LogP contribution in [0.5, 0.6) is 0 Å². The molecule has 142 valence electrons. The van der Waals surface area contributed by atoms with E-state index in [-0.39, 0.29) is 18.9 Å². The van der Waals surface area contributed by atoms with E-state index in [2.05, 4.69) is 25.5 Å². The zero-order chi connectivity index (χ0) is 18.6. The third kappa shape index (κ3) is 4.05. The van der Waals surface area contributed by atoms with Gasteiger partial charge >= 0.3 is 0 Å². The summed E-state index contributed by atoms with van der Waals surface area (Å²) < 4.78 is 34.7. The SMILES string of the molecule is FC1CC(Nc2ncnc3[nH]ncc23)CC(F)C1OCCc1ccccc1. The quantitative estimate of drug-likeness (QED) is 0.694. The Morgan fingerprint density at radius 1 is 1.11 bits per heavy atom. The van der Waals surface area contributed by atoms with Crippen LogP contribution in [0.2, 0.25) is 0 Å². The molecule has 27 heavy (non-hydrogen) atoms. The maximum absolute atomic E-state index is 14.6. The van der Waals surface area contributed by atoms with Crippen LogP contribution in [0.15, 0.2) is 42.9 Å². The van der Waals surface area contributed by atoms with Crippen LogP contribution in [0, 0.1) is 0 Å². The Hall–Kier alpha value is -2.61. The van der Waals surface area contributed by atoms with Gasteiger partial charge in [0.1, 0.15) is 30.6 Å². The first-order valence-corrected chi connectivity index (χ1v) is 9.05. The van der Waals surface area contributed by atoms with Gasteiger partial charge in [-0.25, -0.2) is 18.7 Å². The predicted octanol–water partition coefficient (Wildman–Crippen LogP) is 3.23. The van der Waals surface area contributed by atoms with Crippen LogP contribution in [-0.4, -0.2) is 51.3 Å². The Balaban J connectivity index is 1.33. The molecule has 0 spiro atoms. The predicted molar refractivity (Wildman–Crippen MR) is 98.0 cm³/mol. The molecular weight excluding hydrogens is 352 g/mol. The van der Waals surface area contributed by atoms with Crippen molar-refractivity contribution in [3.63, 3.8) is 0 Å². The zero-order valence-electron chi connectivity index (χ0n) is 14.7. The molecule has 2 atom stereocenters. The first-order chi connectivity index (χ1) is 13.2. The number of anilines is 1. The number of fused-ring (bicyclic) bond motifs is 1. The van der Waals surface area contributed by atoms with Gasteiger partial charge in [0, 0.05) is 18.9 Å². The number of alkyl halides is 2. The van der Waals surface area contributed by atoms with Crippen molar-refractivity contribution in [2.24, 2.45) is 0 Å². The number of aromatic nitrogens is 4. The lowest BCUT2D eigenvalue weighted by Gasteiger charge is -2.35. The molecule has 2 heterocycles. The number of H-pyrrole nitrogens is 1. The molecule has 0 amide bonds. The molecule has 1 saturated carbocycles. The van der Waals surface area contributed by atoms with Gasteiger partial charge in [-0.1, -0.05) is 30.3 Å². The molecule has 2 aromatic heterocycles. The van der Waals surface area contributed by atoms with Gasteiger partial charge in [0.2, 0.25) is 0 Å². The maximum Gasteiger partial charge on any atom is 0.160 e. The largest absolute Gasteiger partial charge is 0.372 e. The molecule has 0 saturated heterocycles. The lowest BCUT2D eigenvalue weighted by atomic mass is 9.89. The van der Waals surface area contributed by atoms with E-state index in [1.807, 2.05) is 30.3 Å². The number of nitrogens with one attached hydrogen (secondary N) is 2. The van der Waals surface area contributed by atoms with Crippen molar-refractivity contribution in [2.75, 3.05) is 11.9 Å². The van der Waals surface area contributed by atoms with Gasteiger partial charge in [0.05, 0.1) is 18.2 Å². The van der Waals surface area contributed by atoms with Gasteiger partial charge in [0.25, 0.3) is 0 Å². The molecule has 1 aliphatic carbocycles. The fourth-order valence-corrected chi connectivity index (χ4v) is 3.49. The molecule has 2 N–H and O–H groups in total. The Morgan fingerprint density at radius 2 is 1.89 bits per heavy atom. The Bertz CT molecular complexity index is 863. The van der Waals surface area contributed by atoms with Gasteiger partial charge in [-0.05, 0) is 12.0 Å². The van der Waals surface area contributed by atoms with Crippen LogP contribution in [0.4, 0.5) is 14.6 Å². The highest BCUT2D eigenvalue weighted by molar-refractivity contribution is 5.85. The van der Waals surface area contributed by atoms with E-state index >= 15 is 0 Å². The van der Waals surface area contributed by atoms with Crippen molar-refractivity contribution in [1.29, 1.82) is 0 Å². The second-order valence-corrected chi connectivity index (χ2v) is 6.77. The lowest BCUT2D eigenvalue weighted by Crippen LogP contribution is -2.46. The Kier molecular flexibility index (Phi) is 5.24. The number of aromatic amines is 1. The van der Waals surface area contributed by atoms with Gasteiger partial charge < -0.3 is 10.1 Å². The third-order valence-electron chi connectivity index (χ3n) is 4.87. The number of halogens is 2. The van der Waals surface area contributed by atoms with E-state index < -0.39 is 18.4 Å². The van der Waals surface area contributed by atoms with Crippen molar-refractivity contribution >= 4 is 16.9 Å². The lowest BCUT2D eigenvalue weighted by molar-refractivity contribution is -0.0704. The van der Waals surface area contributed by atoms with E-state index in [4.69, 9.17) is 4.74 Å². The molecule has 2 unspecified atom stereocenters. The second kappa shape index (κ2) is 7.96. The molecule has 0 bridgehead atoms. The number of nitrogens with zero attached hydrogens (tertiary/aromatic N) is 3. The van der Waals surface area contributed by atoms with Gasteiger partial charge in [0.15, 0.2) is 5.65 Å². The summed E-state index contributed by atoms with van der Waals surface area (Å²) in [4.78, 5) is 8.23. The van der Waals surface area contributed by atoms with E-state index in [9.17, 15) is 8.78 Å². The summed E-state index contributed by atoms with van der Waals surface area (Å²) in [6.45, 7) is 0.301. The van der Waals surface area contributed by atoms with Crippen LogP contribution in [-0.2, 0) is 11.2 Å². The highest BCUT2D eigenvalue weighted by atomic mass is 19.1. The number of hydrogen-bond acceptors (Lipinski definition) is 5. The fraction of sp³-hybridized carbons (Fsp3) is 0.421. The minimum absolute atomic E-state index is 0.166. The first-order valence-electron chi connectivity index (χ1n) is 9.05. The summed E-state index contributed by atoms with van der Waals surface area (Å²) in [6.07, 6.45) is 0.187. The van der Waals surface area contributed by atoms with Crippen LogP contribution in [0.25, 0.3) is 11.0 Å². The number of benzene rings is 1. The summed E-state index contributed by atoms with van der Waals surface area (Å²) in [6, 6.07) is 9.39. The summed E-state index contributed by atoms with van der Waals surface area (Å²) in [7, 11) is 0. The molecule has 3 aromatic rings. The van der Waals surface area contributed by atoms with Gasteiger partial charge in [-0.2, -0.15) is 5.10 Å². The van der Waals surface area contributed by atoms with Gasteiger partial charge in [-0.15, -0.1) is 0 Å². The van der Waals surface area contributed by atoms with Gasteiger partial charge in [-0.3, -0.25) is 5.10 Å². The summed E-state index contributed by atoms with van der Waals surface area (Å²) in [5.41, 5.74) is 1.67. The Morgan fingerprint density at radius 3 is 2.67 bits per heavy atom.